The number of phosphoric acid groups is 2. The Morgan fingerprint density at radius 3 is 0.716 bits per heavy atom. The van der Waals surface area contributed by atoms with Gasteiger partial charge in [-0.2, -0.15) is 0 Å². The number of aliphatic hydroxyl groups is 1. The lowest BCUT2D eigenvalue weighted by atomic mass is 10.0. The van der Waals surface area contributed by atoms with Gasteiger partial charge in [0.05, 0.1) is 26.4 Å². The van der Waals surface area contributed by atoms with E-state index < -0.39 is 97.5 Å². The first kappa shape index (κ1) is 93.1. The topological polar surface area (TPSA) is 237 Å². The van der Waals surface area contributed by atoms with E-state index in [0.717, 1.165) is 102 Å². The minimum Gasteiger partial charge on any atom is -0.462 e. The number of aliphatic hydroxyl groups excluding tert-OH is 1. The Hall–Kier alpha value is -1.94. The first-order valence-corrected chi connectivity index (χ1v) is 42.5. The van der Waals surface area contributed by atoms with Crippen molar-refractivity contribution in [1.29, 1.82) is 0 Å². The average Bonchev–Trinajstić information content (AvgIpc) is 2.09. The highest BCUT2D eigenvalue weighted by molar-refractivity contribution is 7.47. The Morgan fingerprint density at radius 1 is 0.284 bits per heavy atom. The largest absolute Gasteiger partial charge is 0.472 e. The van der Waals surface area contributed by atoms with E-state index in [1.165, 1.54) is 205 Å². The Bertz CT molecular complexity index is 1840. The molecule has 3 N–H and O–H groups in total. The molecule has 0 heterocycles. The standard InChI is InChI=1S/C76H148O17P2/c1-7-9-11-13-15-17-19-20-21-22-23-24-25-26-27-28-29-32-37-41-49-55-61-76(81)92-71(64-86-73(78)58-52-46-39-36-33-30-31-34-38-44-50-56-68(3)4)66-90-94(82,83)88-62-70(77)63-89-95(84,85)91-67-72(65-87-74(79)59-53-47-43-42-45-51-57-69(5)6)93-75(80)60-54-48-40-35-18-16-14-12-10-8-2/h68-72,77H,7-67H2,1-6H3,(H,82,83)(H,84,85)/t70-,71-,72-/m1/s1. The van der Waals surface area contributed by atoms with E-state index in [1.54, 1.807) is 0 Å². The maximum atomic E-state index is 13.1. The summed E-state index contributed by atoms with van der Waals surface area (Å²) in [6, 6.07) is 0. The summed E-state index contributed by atoms with van der Waals surface area (Å²) in [4.78, 5) is 72.7. The van der Waals surface area contributed by atoms with Crippen LogP contribution in [0.3, 0.4) is 0 Å². The highest BCUT2D eigenvalue weighted by atomic mass is 31.2. The summed E-state index contributed by atoms with van der Waals surface area (Å²) in [5.41, 5.74) is 0. The predicted molar refractivity (Wildman–Crippen MR) is 386 cm³/mol. The fourth-order valence-electron chi connectivity index (χ4n) is 11.7. The Kier molecular flexibility index (Phi) is 66.5. The smallest absolute Gasteiger partial charge is 0.462 e. The third-order valence-electron chi connectivity index (χ3n) is 17.7. The second-order valence-electron chi connectivity index (χ2n) is 28.3. The summed E-state index contributed by atoms with van der Waals surface area (Å²) >= 11 is 0. The highest BCUT2D eigenvalue weighted by Crippen LogP contribution is 2.45. The van der Waals surface area contributed by atoms with Crippen LogP contribution in [0.5, 0.6) is 0 Å². The minimum atomic E-state index is -4.96. The van der Waals surface area contributed by atoms with Gasteiger partial charge in [0.1, 0.15) is 19.3 Å². The molecule has 95 heavy (non-hydrogen) atoms. The SMILES string of the molecule is CCCCCCCCCCCCCCCCCCCCCCCCC(=O)O[C@H](COC(=O)CCCCCCCCCCCCCC(C)C)COP(=O)(O)OC[C@@H](O)COP(=O)(O)OC[C@@H](COC(=O)CCCCCCCCC(C)C)OC(=O)CCCCCCCCCCCC. The third-order valence-corrected chi connectivity index (χ3v) is 19.6. The molecule has 0 saturated carbocycles. The van der Waals surface area contributed by atoms with Crippen LogP contribution in [0.1, 0.15) is 395 Å². The Morgan fingerprint density at radius 2 is 0.484 bits per heavy atom. The predicted octanol–water partition coefficient (Wildman–Crippen LogP) is 22.3. The number of phosphoric ester groups is 2. The van der Waals surface area contributed by atoms with Gasteiger partial charge < -0.3 is 33.8 Å². The summed E-state index contributed by atoms with van der Waals surface area (Å²) in [6.07, 6.45) is 55.8. The van der Waals surface area contributed by atoms with Crippen LogP contribution in [0.2, 0.25) is 0 Å². The second kappa shape index (κ2) is 67.9. The summed E-state index contributed by atoms with van der Waals surface area (Å²) in [7, 11) is -9.91. The van der Waals surface area contributed by atoms with E-state index in [0.29, 0.717) is 31.6 Å². The second-order valence-corrected chi connectivity index (χ2v) is 31.3. The van der Waals surface area contributed by atoms with Crippen LogP contribution in [0.15, 0.2) is 0 Å². The third kappa shape index (κ3) is 70.3. The quantitative estimate of drug-likeness (QED) is 0.0222. The Labute approximate surface area is 581 Å². The van der Waals surface area contributed by atoms with Gasteiger partial charge in [0.15, 0.2) is 12.2 Å². The van der Waals surface area contributed by atoms with Crippen molar-refractivity contribution in [3.05, 3.63) is 0 Å². The zero-order valence-corrected chi connectivity index (χ0v) is 63.8. The van der Waals surface area contributed by atoms with Crippen molar-refractivity contribution in [1.82, 2.24) is 0 Å². The molecule has 0 aromatic rings. The molecule has 0 fully saturated rings. The molecule has 564 valence electrons. The van der Waals surface area contributed by atoms with Gasteiger partial charge in [-0.1, -0.05) is 343 Å². The maximum Gasteiger partial charge on any atom is 0.472 e. The molecule has 0 amide bonds. The Balaban J connectivity index is 5.16. The molecule has 0 aliphatic heterocycles. The molecule has 0 rings (SSSR count). The molecular weight excluding hydrogens is 1250 g/mol. The number of carbonyl (C=O) groups excluding carboxylic acids is 4. The zero-order valence-electron chi connectivity index (χ0n) is 62.0. The lowest BCUT2D eigenvalue weighted by molar-refractivity contribution is -0.161. The van der Waals surface area contributed by atoms with Crippen LogP contribution >= 0.6 is 15.6 Å². The highest BCUT2D eigenvalue weighted by Gasteiger charge is 2.30. The van der Waals surface area contributed by atoms with Crippen molar-refractivity contribution in [3.63, 3.8) is 0 Å². The van der Waals surface area contributed by atoms with Crippen molar-refractivity contribution in [2.45, 2.75) is 413 Å². The van der Waals surface area contributed by atoms with Crippen molar-refractivity contribution in [3.8, 4) is 0 Å². The van der Waals surface area contributed by atoms with Crippen LogP contribution < -0.4 is 0 Å². The monoisotopic (exact) mass is 1400 g/mol. The molecule has 0 aromatic carbocycles. The number of esters is 4. The maximum absolute atomic E-state index is 13.1. The summed E-state index contributed by atoms with van der Waals surface area (Å²) < 4.78 is 68.4. The number of rotatable bonds is 75. The first-order valence-electron chi connectivity index (χ1n) is 39.5. The number of carbonyl (C=O) groups is 4. The fourth-order valence-corrected chi connectivity index (χ4v) is 13.2. The molecule has 0 aromatic heterocycles. The first-order chi connectivity index (χ1) is 45.9. The van der Waals surface area contributed by atoms with Gasteiger partial charge in [0, 0.05) is 25.7 Å². The number of hydrogen-bond donors (Lipinski definition) is 3. The van der Waals surface area contributed by atoms with Crippen LogP contribution in [-0.2, 0) is 65.4 Å². The van der Waals surface area contributed by atoms with E-state index in [1.807, 2.05) is 0 Å². The molecule has 0 aliphatic rings. The van der Waals surface area contributed by atoms with Gasteiger partial charge in [-0.15, -0.1) is 0 Å². The zero-order chi connectivity index (χ0) is 70.0. The molecule has 0 radical (unpaired) electrons. The molecule has 0 bridgehead atoms. The molecule has 0 aliphatic carbocycles. The van der Waals surface area contributed by atoms with Gasteiger partial charge in [0.25, 0.3) is 0 Å². The van der Waals surface area contributed by atoms with Crippen molar-refractivity contribution in [2.24, 2.45) is 11.8 Å². The van der Waals surface area contributed by atoms with Crippen LogP contribution in [-0.4, -0.2) is 96.7 Å². The molecule has 19 heteroatoms. The number of unbranched alkanes of at least 4 members (excludes halogenated alkanes) is 45. The number of ether oxygens (including phenoxy) is 4. The van der Waals surface area contributed by atoms with Gasteiger partial charge in [-0.05, 0) is 37.5 Å². The molecule has 2 unspecified atom stereocenters. The summed E-state index contributed by atoms with van der Waals surface area (Å²) in [5, 5.41) is 10.6. The average molecular weight is 1400 g/mol. The lowest BCUT2D eigenvalue weighted by Gasteiger charge is -2.21. The van der Waals surface area contributed by atoms with Crippen LogP contribution in [0, 0.1) is 11.8 Å². The van der Waals surface area contributed by atoms with E-state index in [4.69, 9.17) is 37.0 Å². The molecule has 0 spiro atoms. The van der Waals surface area contributed by atoms with Gasteiger partial charge in [-0.25, -0.2) is 9.13 Å². The molecule has 0 saturated heterocycles. The van der Waals surface area contributed by atoms with Crippen molar-refractivity contribution < 1.29 is 80.2 Å². The van der Waals surface area contributed by atoms with E-state index in [2.05, 4.69) is 41.5 Å². The normalized spacial score (nSPS) is 14.0. The van der Waals surface area contributed by atoms with Crippen LogP contribution in [0.25, 0.3) is 0 Å². The summed E-state index contributed by atoms with van der Waals surface area (Å²) in [6.45, 7) is 9.50. The van der Waals surface area contributed by atoms with E-state index in [9.17, 15) is 43.2 Å². The lowest BCUT2D eigenvalue weighted by Crippen LogP contribution is -2.30. The van der Waals surface area contributed by atoms with Crippen molar-refractivity contribution >= 4 is 39.5 Å². The van der Waals surface area contributed by atoms with Gasteiger partial charge in [-0.3, -0.25) is 37.3 Å². The molecule has 17 nitrogen and oxygen atoms in total. The molecular formula is C76H148O17P2. The summed E-state index contributed by atoms with van der Waals surface area (Å²) in [5.74, 6) is -0.669. The van der Waals surface area contributed by atoms with E-state index >= 15 is 0 Å². The van der Waals surface area contributed by atoms with E-state index in [-0.39, 0.29) is 25.7 Å². The fraction of sp³-hybridized carbons (Fsp3) is 0.947. The molecule has 5 atom stereocenters. The van der Waals surface area contributed by atoms with Gasteiger partial charge >= 0.3 is 39.5 Å². The minimum absolute atomic E-state index is 0.105. The van der Waals surface area contributed by atoms with Crippen molar-refractivity contribution in [2.75, 3.05) is 39.6 Å². The van der Waals surface area contributed by atoms with Gasteiger partial charge in [0.2, 0.25) is 0 Å². The van der Waals surface area contributed by atoms with Crippen LogP contribution in [0.4, 0.5) is 0 Å². The number of hydrogen-bond acceptors (Lipinski definition) is 15.